The molecule has 0 heterocycles. The predicted molar refractivity (Wildman–Crippen MR) is 48.5 cm³/mol. The average Bonchev–Trinajstić information content (AvgIpc) is 2.05. The third kappa shape index (κ3) is 1.83. The van der Waals surface area contributed by atoms with Crippen LogP contribution in [0.2, 0.25) is 0 Å². The highest BCUT2D eigenvalue weighted by atomic mass is 79.9. The molecule has 0 aliphatic heterocycles. The zero-order chi connectivity index (χ0) is 8.97. The van der Waals surface area contributed by atoms with Crippen molar-refractivity contribution < 1.29 is 4.79 Å². The molecule has 1 rings (SSSR count). The summed E-state index contributed by atoms with van der Waals surface area (Å²) in [5.41, 5.74) is 0.965. The van der Waals surface area contributed by atoms with Crippen molar-refractivity contribution >= 4 is 28.0 Å². The van der Waals surface area contributed by atoms with Gasteiger partial charge in [0, 0.05) is 4.47 Å². The van der Waals surface area contributed by atoms with Crippen LogP contribution >= 0.6 is 15.9 Å². The first-order chi connectivity index (χ1) is 5.77. The number of hydrogen-bond acceptors (Lipinski definition) is 2. The van der Waals surface area contributed by atoms with Crippen LogP contribution in [0.4, 0.5) is 5.69 Å². The predicted octanol–water partition coefficient (Wildman–Crippen LogP) is 1.89. The Bertz CT molecular complexity index is 343. The number of rotatable bonds is 2. The molecule has 1 aromatic rings. The SMILES string of the molecule is N#Cc1ccc(Br)cc1NC=O. The van der Waals surface area contributed by atoms with Gasteiger partial charge in [-0.2, -0.15) is 5.26 Å². The molecule has 4 heteroatoms. The summed E-state index contributed by atoms with van der Waals surface area (Å²) < 4.78 is 0.825. The van der Waals surface area contributed by atoms with Crippen LogP contribution in [0.1, 0.15) is 5.56 Å². The molecule has 0 saturated carbocycles. The molecular formula is C8H5BrN2O. The number of nitrogens with one attached hydrogen (secondary N) is 1. The Morgan fingerprint density at radius 1 is 1.58 bits per heavy atom. The smallest absolute Gasteiger partial charge is 0.211 e. The minimum atomic E-state index is 0.449. The van der Waals surface area contributed by atoms with Gasteiger partial charge in [0.05, 0.1) is 11.3 Å². The van der Waals surface area contributed by atoms with Crippen LogP contribution in [0.3, 0.4) is 0 Å². The lowest BCUT2D eigenvalue weighted by molar-refractivity contribution is -0.105. The second-order valence-corrected chi connectivity index (χ2v) is 2.98. The van der Waals surface area contributed by atoms with Crippen molar-refractivity contribution in [3.8, 4) is 6.07 Å². The number of nitrogens with zero attached hydrogens (tertiary/aromatic N) is 1. The standard InChI is InChI=1S/C8H5BrN2O/c9-7-2-1-6(4-10)8(3-7)11-5-12/h1-3,5H,(H,11,12). The van der Waals surface area contributed by atoms with Gasteiger partial charge in [-0.05, 0) is 18.2 Å². The molecular weight excluding hydrogens is 220 g/mol. The van der Waals surface area contributed by atoms with Gasteiger partial charge < -0.3 is 5.32 Å². The summed E-state index contributed by atoms with van der Waals surface area (Å²) in [6.07, 6.45) is 0.544. The van der Waals surface area contributed by atoms with Crippen molar-refractivity contribution in [3.05, 3.63) is 28.2 Å². The molecule has 1 amide bonds. The average molecular weight is 225 g/mol. The lowest BCUT2D eigenvalue weighted by Crippen LogP contribution is -1.96. The van der Waals surface area contributed by atoms with E-state index < -0.39 is 0 Å². The highest BCUT2D eigenvalue weighted by Gasteiger charge is 2.00. The number of nitriles is 1. The summed E-state index contributed by atoms with van der Waals surface area (Å²) >= 11 is 3.23. The number of amides is 1. The first-order valence-corrected chi connectivity index (χ1v) is 3.97. The van der Waals surface area contributed by atoms with Gasteiger partial charge in [-0.1, -0.05) is 15.9 Å². The van der Waals surface area contributed by atoms with Crippen molar-refractivity contribution in [1.29, 1.82) is 5.26 Å². The van der Waals surface area contributed by atoms with Gasteiger partial charge in [-0.15, -0.1) is 0 Å². The van der Waals surface area contributed by atoms with E-state index in [1.54, 1.807) is 18.2 Å². The van der Waals surface area contributed by atoms with Crippen LogP contribution in [0.15, 0.2) is 22.7 Å². The van der Waals surface area contributed by atoms with Gasteiger partial charge in [0.2, 0.25) is 6.41 Å². The maximum Gasteiger partial charge on any atom is 0.211 e. The molecule has 0 fully saturated rings. The largest absolute Gasteiger partial charge is 0.328 e. The molecule has 0 radical (unpaired) electrons. The molecule has 12 heavy (non-hydrogen) atoms. The fourth-order valence-electron chi connectivity index (χ4n) is 0.797. The molecule has 0 bridgehead atoms. The topological polar surface area (TPSA) is 52.9 Å². The van der Waals surface area contributed by atoms with Crippen molar-refractivity contribution in [2.45, 2.75) is 0 Å². The summed E-state index contributed by atoms with van der Waals surface area (Å²) in [5.74, 6) is 0. The molecule has 1 aromatic carbocycles. The number of benzene rings is 1. The molecule has 0 spiro atoms. The lowest BCUT2D eigenvalue weighted by Gasteiger charge is -2.00. The summed E-state index contributed by atoms with van der Waals surface area (Å²) in [6.45, 7) is 0. The summed E-state index contributed by atoms with van der Waals surface area (Å²) in [7, 11) is 0. The molecule has 0 unspecified atom stereocenters. The maximum absolute atomic E-state index is 10.1. The van der Waals surface area contributed by atoms with Gasteiger partial charge in [-0.25, -0.2) is 0 Å². The Morgan fingerprint density at radius 2 is 2.33 bits per heavy atom. The van der Waals surface area contributed by atoms with Crippen molar-refractivity contribution in [1.82, 2.24) is 0 Å². The van der Waals surface area contributed by atoms with E-state index in [2.05, 4.69) is 21.2 Å². The number of anilines is 1. The van der Waals surface area contributed by atoms with Gasteiger partial charge in [0.1, 0.15) is 6.07 Å². The van der Waals surface area contributed by atoms with Crippen LogP contribution in [0, 0.1) is 11.3 Å². The molecule has 0 aliphatic rings. The van der Waals surface area contributed by atoms with E-state index in [1.165, 1.54) is 0 Å². The second-order valence-electron chi connectivity index (χ2n) is 2.06. The number of carbonyl (C=O) groups excluding carboxylic acids is 1. The molecule has 3 nitrogen and oxygen atoms in total. The van der Waals surface area contributed by atoms with E-state index in [-0.39, 0.29) is 0 Å². The minimum absolute atomic E-state index is 0.449. The van der Waals surface area contributed by atoms with E-state index in [9.17, 15) is 4.79 Å². The second kappa shape index (κ2) is 3.88. The Labute approximate surface area is 78.1 Å². The molecule has 0 aliphatic carbocycles. The zero-order valence-electron chi connectivity index (χ0n) is 6.04. The highest BCUT2D eigenvalue weighted by Crippen LogP contribution is 2.19. The number of carbonyl (C=O) groups is 1. The molecule has 0 atom stereocenters. The van der Waals surface area contributed by atoms with Gasteiger partial charge >= 0.3 is 0 Å². The van der Waals surface area contributed by atoms with Crippen molar-refractivity contribution in [2.75, 3.05) is 5.32 Å². The molecule has 0 saturated heterocycles. The Hall–Kier alpha value is -1.34. The summed E-state index contributed by atoms with van der Waals surface area (Å²) in [4.78, 5) is 10.1. The van der Waals surface area contributed by atoms with E-state index in [0.717, 1.165) is 4.47 Å². The zero-order valence-corrected chi connectivity index (χ0v) is 7.63. The fourth-order valence-corrected chi connectivity index (χ4v) is 1.16. The van der Waals surface area contributed by atoms with Crippen molar-refractivity contribution in [2.24, 2.45) is 0 Å². The first-order valence-electron chi connectivity index (χ1n) is 3.18. The van der Waals surface area contributed by atoms with E-state index in [4.69, 9.17) is 5.26 Å². The molecule has 1 N–H and O–H groups in total. The Kier molecular flexibility index (Phi) is 2.83. The first kappa shape index (κ1) is 8.75. The number of halogens is 1. The van der Waals surface area contributed by atoms with Crippen LogP contribution in [-0.2, 0) is 4.79 Å². The van der Waals surface area contributed by atoms with Gasteiger partial charge in [0.15, 0.2) is 0 Å². The Balaban J connectivity index is 3.14. The monoisotopic (exact) mass is 224 g/mol. The summed E-state index contributed by atoms with van der Waals surface area (Å²) in [5, 5.41) is 11.0. The maximum atomic E-state index is 10.1. The molecule has 60 valence electrons. The van der Waals surface area contributed by atoms with Crippen LogP contribution in [-0.4, -0.2) is 6.41 Å². The highest BCUT2D eigenvalue weighted by molar-refractivity contribution is 9.10. The molecule has 0 aromatic heterocycles. The van der Waals surface area contributed by atoms with Crippen LogP contribution in [0.25, 0.3) is 0 Å². The van der Waals surface area contributed by atoms with Gasteiger partial charge in [0.25, 0.3) is 0 Å². The van der Waals surface area contributed by atoms with Crippen molar-refractivity contribution in [3.63, 3.8) is 0 Å². The van der Waals surface area contributed by atoms with Crippen LogP contribution in [0.5, 0.6) is 0 Å². The third-order valence-electron chi connectivity index (χ3n) is 1.32. The third-order valence-corrected chi connectivity index (χ3v) is 1.81. The van der Waals surface area contributed by atoms with E-state index in [0.29, 0.717) is 17.7 Å². The van der Waals surface area contributed by atoms with E-state index >= 15 is 0 Å². The quantitative estimate of drug-likeness (QED) is 0.781. The minimum Gasteiger partial charge on any atom is -0.328 e. The van der Waals surface area contributed by atoms with E-state index in [1.807, 2.05) is 6.07 Å². The number of hydrogen-bond donors (Lipinski definition) is 1. The Morgan fingerprint density at radius 3 is 2.92 bits per heavy atom. The normalized spacial score (nSPS) is 8.67. The lowest BCUT2D eigenvalue weighted by atomic mass is 10.2. The summed E-state index contributed by atoms with van der Waals surface area (Å²) in [6, 6.07) is 7.02. The van der Waals surface area contributed by atoms with Crippen LogP contribution < -0.4 is 5.32 Å². The van der Waals surface area contributed by atoms with Gasteiger partial charge in [-0.3, -0.25) is 4.79 Å². The fraction of sp³-hybridized carbons (Fsp3) is 0.